The van der Waals surface area contributed by atoms with Crippen molar-refractivity contribution in [3.8, 4) is 0 Å². The summed E-state index contributed by atoms with van der Waals surface area (Å²) in [6, 6.07) is 6.14. The summed E-state index contributed by atoms with van der Waals surface area (Å²) >= 11 is 10.8. The molecule has 2 aromatic rings. The summed E-state index contributed by atoms with van der Waals surface area (Å²) < 4.78 is 0.982. The number of aromatic carboxylic acids is 1. The number of carbonyl (C=O) groups excluding carboxylic acids is 1. The number of hydrogen-bond donors (Lipinski definition) is 1. The molecule has 0 aliphatic heterocycles. The fourth-order valence-electron chi connectivity index (χ4n) is 1.30. The highest BCUT2D eigenvalue weighted by Gasteiger charge is 2.01. The Hall–Kier alpha value is -1.37. The Labute approximate surface area is 126 Å². The van der Waals surface area contributed by atoms with Crippen LogP contribution in [0.2, 0.25) is 5.02 Å². The van der Waals surface area contributed by atoms with Crippen LogP contribution in [0.1, 0.15) is 15.2 Å². The molecule has 0 amide bonds. The molecule has 0 aliphatic carbocycles. The molecule has 19 heavy (non-hydrogen) atoms. The van der Waals surface area contributed by atoms with Crippen molar-refractivity contribution in [2.75, 3.05) is 5.43 Å². The van der Waals surface area contributed by atoms with E-state index >= 15 is 0 Å². The van der Waals surface area contributed by atoms with Gasteiger partial charge in [0.1, 0.15) is 0 Å². The van der Waals surface area contributed by atoms with Gasteiger partial charge in [0.15, 0.2) is 0 Å². The molecule has 0 aliphatic rings. The van der Waals surface area contributed by atoms with Crippen molar-refractivity contribution in [3.63, 3.8) is 0 Å². The molecule has 7 heteroatoms. The Morgan fingerprint density at radius 3 is 2.89 bits per heavy atom. The predicted molar refractivity (Wildman–Crippen MR) is 79.0 cm³/mol. The van der Waals surface area contributed by atoms with Gasteiger partial charge in [-0.25, -0.2) is 0 Å². The van der Waals surface area contributed by atoms with Crippen LogP contribution in [-0.4, -0.2) is 12.2 Å². The van der Waals surface area contributed by atoms with Crippen LogP contribution in [0.5, 0.6) is 0 Å². The normalized spacial score (nSPS) is 10.8. The molecule has 0 saturated carbocycles. The molecule has 0 fully saturated rings. The fourth-order valence-corrected chi connectivity index (χ4v) is 2.76. The monoisotopic (exact) mass is 357 g/mol. The molecule has 1 heterocycles. The topological polar surface area (TPSA) is 64.5 Å². The highest BCUT2D eigenvalue weighted by atomic mass is 79.9. The van der Waals surface area contributed by atoms with E-state index in [1.54, 1.807) is 6.21 Å². The number of carboxylic acid groups (broad SMARTS) is 1. The van der Waals surface area contributed by atoms with E-state index in [-0.39, 0.29) is 5.56 Å². The van der Waals surface area contributed by atoms with E-state index < -0.39 is 5.97 Å². The third-order valence-electron chi connectivity index (χ3n) is 2.17. The Morgan fingerprint density at radius 1 is 1.47 bits per heavy atom. The first kappa shape index (κ1) is 14.0. The molecule has 1 N–H and O–H groups in total. The Morgan fingerprint density at radius 2 is 2.26 bits per heavy atom. The first-order valence-electron chi connectivity index (χ1n) is 5.10. The molecule has 98 valence electrons. The van der Waals surface area contributed by atoms with Crippen molar-refractivity contribution in [1.82, 2.24) is 0 Å². The average Bonchev–Trinajstić information content (AvgIpc) is 2.77. The number of halogens is 2. The van der Waals surface area contributed by atoms with E-state index in [0.29, 0.717) is 10.7 Å². The lowest BCUT2D eigenvalue weighted by Gasteiger charge is -2.07. The van der Waals surface area contributed by atoms with Gasteiger partial charge in [0.05, 0.1) is 22.9 Å². The van der Waals surface area contributed by atoms with Crippen LogP contribution in [0.25, 0.3) is 0 Å². The van der Waals surface area contributed by atoms with Crippen molar-refractivity contribution >= 4 is 56.7 Å². The van der Waals surface area contributed by atoms with Gasteiger partial charge >= 0.3 is 0 Å². The van der Waals surface area contributed by atoms with Gasteiger partial charge < -0.3 is 9.90 Å². The molecule has 0 unspecified atom stereocenters. The van der Waals surface area contributed by atoms with Crippen LogP contribution in [0.4, 0.5) is 5.69 Å². The van der Waals surface area contributed by atoms with Crippen molar-refractivity contribution in [2.45, 2.75) is 0 Å². The summed E-state index contributed by atoms with van der Waals surface area (Å²) in [4.78, 5) is 11.7. The molecule has 0 saturated heterocycles. The molecule has 4 nitrogen and oxygen atoms in total. The van der Waals surface area contributed by atoms with Gasteiger partial charge in [-0.2, -0.15) is 5.10 Å². The molecular weight excluding hydrogens is 352 g/mol. The second-order valence-corrected chi connectivity index (χ2v) is 5.79. The van der Waals surface area contributed by atoms with Gasteiger partial charge in [-0.1, -0.05) is 17.7 Å². The number of rotatable bonds is 4. The molecule has 2 rings (SSSR count). The zero-order valence-corrected chi connectivity index (χ0v) is 12.6. The maximum absolute atomic E-state index is 10.7. The second-order valence-electron chi connectivity index (χ2n) is 3.52. The number of carboxylic acids is 1. The number of anilines is 1. The molecular formula is C12H7BrClN2O2S-. The van der Waals surface area contributed by atoms with Gasteiger partial charge in [-0.15, -0.1) is 11.3 Å². The molecule has 0 radical (unpaired) electrons. The van der Waals surface area contributed by atoms with E-state index in [9.17, 15) is 9.90 Å². The second kappa shape index (κ2) is 6.18. The van der Waals surface area contributed by atoms with E-state index in [1.165, 1.54) is 29.5 Å². The van der Waals surface area contributed by atoms with E-state index in [1.807, 2.05) is 11.4 Å². The molecule has 1 aromatic carbocycles. The predicted octanol–water partition coefficient (Wildman–Crippen LogP) is 2.97. The maximum atomic E-state index is 10.7. The number of nitrogens with zero attached hydrogens (tertiary/aromatic N) is 1. The van der Waals surface area contributed by atoms with Crippen LogP contribution in [0, 0.1) is 0 Å². The minimum Gasteiger partial charge on any atom is -0.545 e. The van der Waals surface area contributed by atoms with Gasteiger partial charge in [0.2, 0.25) is 0 Å². The minimum absolute atomic E-state index is 0.0426. The highest BCUT2D eigenvalue weighted by Crippen LogP contribution is 2.23. The minimum atomic E-state index is -1.26. The Kier molecular flexibility index (Phi) is 4.57. The number of hydrazone groups is 1. The zero-order valence-electron chi connectivity index (χ0n) is 9.39. The van der Waals surface area contributed by atoms with E-state index in [2.05, 4.69) is 26.5 Å². The van der Waals surface area contributed by atoms with Crippen molar-refractivity contribution in [2.24, 2.45) is 5.10 Å². The third-order valence-corrected chi connectivity index (χ3v) is 4.12. The number of nitrogens with one attached hydrogen (secondary N) is 1. The molecule has 0 atom stereocenters. The van der Waals surface area contributed by atoms with E-state index in [0.717, 1.165) is 9.35 Å². The van der Waals surface area contributed by atoms with Crippen LogP contribution >= 0.6 is 38.9 Å². The number of thiophene rings is 1. The summed E-state index contributed by atoms with van der Waals surface area (Å²) in [5, 5.41) is 17.1. The molecule has 0 spiro atoms. The van der Waals surface area contributed by atoms with Crippen LogP contribution in [0.15, 0.2) is 39.2 Å². The van der Waals surface area contributed by atoms with E-state index in [4.69, 9.17) is 11.6 Å². The quantitative estimate of drug-likeness (QED) is 0.675. The van der Waals surface area contributed by atoms with Crippen LogP contribution < -0.4 is 10.5 Å². The van der Waals surface area contributed by atoms with Gasteiger partial charge in [0.25, 0.3) is 0 Å². The van der Waals surface area contributed by atoms with Crippen molar-refractivity contribution in [3.05, 3.63) is 49.6 Å². The van der Waals surface area contributed by atoms with Crippen molar-refractivity contribution in [1.29, 1.82) is 0 Å². The summed E-state index contributed by atoms with van der Waals surface area (Å²) in [6.07, 6.45) is 1.62. The highest BCUT2D eigenvalue weighted by molar-refractivity contribution is 9.10. The summed E-state index contributed by atoms with van der Waals surface area (Å²) in [5.74, 6) is -1.26. The summed E-state index contributed by atoms with van der Waals surface area (Å²) in [5.41, 5.74) is 3.16. The first-order chi connectivity index (χ1) is 9.06. The maximum Gasteiger partial charge on any atom is 0.0754 e. The fraction of sp³-hybridized carbons (Fsp3) is 0. The number of carbonyl (C=O) groups is 1. The summed E-state index contributed by atoms with van der Waals surface area (Å²) in [7, 11) is 0. The lowest BCUT2D eigenvalue weighted by Crippen LogP contribution is -2.22. The van der Waals surface area contributed by atoms with Gasteiger partial charge in [0, 0.05) is 14.7 Å². The lowest BCUT2D eigenvalue weighted by molar-refractivity contribution is -0.255. The average molecular weight is 359 g/mol. The number of benzene rings is 1. The van der Waals surface area contributed by atoms with Crippen LogP contribution in [0.3, 0.4) is 0 Å². The van der Waals surface area contributed by atoms with Crippen LogP contribution in [-0.2, 0) is 0 Å². The largest absolute Gasteiger partial charge is 0.545 e. The lowest BCUT2D eigenvalue weighted by atomic mass is 10.2. The summed E-state index contributed by atoms with van der Waals surface area (Å²) in [6.45, 7) is 0. The third kappa shape index (κ3) is 3.79. The number of hydrogen-bond acceptors (Lipinski definition) is 5. The SMILES string of the molecule is O=C([O-])c1ccc(Cl)c(N/N=C\c2cc(Br)cs2)c1. The van der Waals surface area contributed by atoms with Gasteiger partial charge in [-0.05, 0) is 39.7 Å². The molecule has 0 bridgehead atoms. The van der Waals surface area contributed by atoms with Crippen molar-refractivity contribution < 1.29 is 9.90 Å². The Balaban J connectivity index is 2.12. The van der Waals surface area contributed by atoms with Gasteiger partial charge in [-0.3, -0.25) is 5.43 Å². The zero-order chi connectivity index (χ0) is 13.8. The first-order valence-corrected chi connectivity index (χ1v) is 7.15. The molecule has 1 aromatic heterocycles. The Bertz CT molecular complexity index is 642. The standard InChI is InChI=1S/C12H8BrClN2O2S/c13-8-4-9(19-6-8)5-15-16-11-3-7(12(17)18)1-2-10(11)14/h1-6,16H,(H,17,18)/p-1/b15-5-. The smallest absolute Gasteiger partial charge is 0.0754 e.